The molecule has 6 nitrogen and oxygen atoms in total. The molecular formula is C22H19F4N3O3. The van der Waals surface area contributed by atoms with Crippen LogP contribution in [-0.4, -0.2) is 33.5 Å². The molecule has 0 amide bonds. The van der Waals surface area contributed by atoms with Crippen LogP contribution < -0.4 is 10.5 Å². The highest BCUT2D eigenvalue weighted by molar-refractivity contribution is 5.73. The minimum atomic E-state index is -3.58. The Hall–Kier alpha value is -3.53. The molecule has 1 aromatic heterocycles. The number of aryl methyl sites for hydroxylation is 1. The molecule has 0 bridgehead atoms. The van der Waals surface area contributed by atoms with E-state index in [4.69, 9.17) is 15.6 Å². The number of halogens is 4. The van der Waals surface area contributed by atoms with Crippen molar-refractivity contribution >= 4 is 5.97 Å². The Kier molecular flexibility index (Phi) is 6.73. The molecule has 0 fully saturated rings. The quantitative estimate of drug-likeness (QED) is 0.505. The number of aliphatic carboxylic acids is 1. The standard InChI is InChI=1S/C22H19F4N3O3/c1-12-8-15(23)6-7-16(12)22(26,21(24)25)32-19-10-18(28-11-29-19)14-4-2-13(3-5-14)9-17(27)20(30)31/h2-8,10-11,17,21H,9,27H2,1H3,(H,30,31)/t17-,22?/m0/s1. The number of benzene rings is 2. The number of alkyl halides is 3. The lowest BCUT2D eigenvalue weighted by atomic mass is 10.0. The zero-order valence-electron chi connectivity index (χ0n) is 16.8. The first-order valence-corrected chi connectivity index (χ1v) is 9.42. The lowest BCUT2D eigenvalue weighted by Gasteiger charge is -2.27. The lowest BCUT2D eigenvalue weighted by Crippen LogP contribution is -2.37. The first-order valence-electron chi connectivity index (χ1n) is 9.42. The van der Waals surface area contributed by atoms with Crippen LogP contribution in [0.15, 0.2) is 54.9 Å². The Morgan fingerprint density at radius 2 is 1.84 bits per heavy atom. The summed E-state index contributed by atoms with van der Waals surface area (Å²) in [5.74, 6) is -5.82. The second-order valence-corrected chi connectivity index (χ2v) is 7.09. The molecule has 10 heteroatoms. The topological polar surface area (TPSA) is 98.3 Å². The number of hydrogen-bond donors (Lipinski definition) is 2. The van der Waals surface area contributed by atoms with Crippen molar-refractivity contribution in [1.29, 1.82) is 0 Å². The number of hydrogen-bond acceptors (Lipinski definition) is 5. The molecule has 1 heterocycles. The van der Waals surface area contributed by atoms with Crippen LogP contribution in [0.4, 0.5) is 17.6 Å². The Morgan fingerprint density at radius 3 is 2.44 bits per heavy atom. The van der Waals surface area contributed by atoms with E-state index in [1.165, 1.54) is 13.0 Å². The minimum absolute atomic E-state index is 0.0442. The van der Waals surface area contributed by atoms with Gasteiger partial charge in [0.15, 0.2) is 0 Å². The highest BCUT2D eigenvalue weighted by Gasteiger charge is 2.46. The molecule has 3 N–H and O–H groups in total. The van der Waals surface area contributed by atoms with Gasteiger partial charge in [0.25, 0.3) is 0 Å². The van der Waals surface area contributed by atoms with Crippen molar-refractivity contribution in [2.75, 3.05) is 0 Å². The lowest BCUT2D eigenvalue weighted by molar-refractivity contribution is -0.176. The maximum Gasteiger partial charge on any atom is 0.336 e. The minimum Gasteiger partial charge on any atom is -0.480 e. The molecule has 0 aliphatic carbocycles. The van der Waals surface area contributed by atoms with Crippen molar-refractivity contribution in [3.8, 4) is 17.1 Å². The zero-order valence-corrected chi connectivity index (χ0v) is 16.8. The van der Waals surface area contributed by atoms with Crippen molar-refractivity contribution in [3.63, 3.8) is 0 Å². The van der Waals surface area contributed by atoms with Gasteiger partial charge >= 0.3 is 18.2 Å². The van der Waals surface area contributed by atoms with E-state index in [1.807, 2.05) is 0 Å². The fourth-order valence-electron chi connectivity index (χ4n) is 3.08. The van der Waals surface area contributed by atoms with Crippen LogP contribution in [-0.2, 0) is 17.1 Å². The summed E-state index contributed by atoms with van der Waals surface area (Å²) in [6, 6.07) is 9.35. The molecule has 0 aliphatic heterocycles. The fourth-order valence-corrected chi connectivity index (χ4v) is 3.08. The van der Waals surface area contributed by atoms with Gasteiger partial charge in [-0.1, -0.05) is 24.3 Å². The first kappa shape index (κ1) is 23.1. The fraction of sp³-hybridized carbons (Fsp3) is 0.227. The van der Waals surface area contributed by atoms with E-state index in [1.54, 1.807) is 24.3 Å². The molecule has 0 saturated carbocycles. The molecular weight excluding hydrogens is 430 g/mol. The maximum absolute atomic E-state index is 15.3. The summed E-state index contributed by atoms with van der Waals surface area (Å²) in [5, 5.41) is 8.89. The van der Waals surface area contributed by atoms with Crippen molar-refractivity contribution in [1.82, 2.24) is 9.97 Å². The normalized spacial score (nSPS) is 14.1. The van der Waals surface area contributed by atoms with E-state index in [0.717, 1.165) is 24.5 Å². The van der Waals surface area contributed by atoms with Crippen LogP contribution >= 0.6 is 0 Å². The van der Waals surface area contributed by atoms with Crippen LogP contribution in [0, 0.1) is 12.7 Å². The number of carbonyl (C=O) groups is 1. The first-order chi connectivity index (χ1) is 15.1. The summed E-state index contributed by atoms with van der Waals surface area (Å²) in [6.07, 6.45) is -2.44. The van der Waals surface area contributed by atoms with Crippen LogP contribution in [0.5, 0.6) is 5.88 Å². The van der Waals surface area contributed by atoms with Crippen LogP contribution in [0.1, 0.15) is 16.7 Å². The summed E-state index contributed by atoms with van der Waals surface area (Å²) in [6.45, 7) is 1.29. The molecule has 2 atom stereocenters. The van der Waals surface area contributed by atoms with Crippen LogP contribution in [0.25, 0.3) is 11.3 Å². The number of rotatable bonds is 8. The molecule has 0 aliphatic rings. The number of carboxylic acid groups (broad SMARTS) is 1. The number of aromatic nitrogens is 2. The Balaban J connectivity index is 1.87. The molecule has 3 rings (SSSR count). The van der Waals surface area contributed by atoms with Gasteiger partial charge in [-0.3, -0.25) is 4.79 Å². The van der Waals surface area contributed by atoms with Gasteiger partial charge in [0.1, 0.15) is 18.2 Å². The Morgan fingerprint density at radius 1 is 1.16 bits per heavy atom. The molecule has 0 spiro atoms. The number of ether oxygens (including phenoxy) is 1. The SMILES string of the molecule is Cc1cc(F)ccc1C(F)(Oc1cc(-c2ccc(C[C@H](N)C(=O)O)cc2)ncn1)C(F)F. The molecule has 32 heavy (non-hydrogen) atoms. The predicted octanol–water partition coefficient (Wildman–Crippen LogP) is 4.01. The predicted molar refractivity (Wildman–Crippen MR) is 107 cm³/mol. The van der Waals surface area contributed by atoms with Gasteiger partial charge in [0.2, 0.25) is 5.88 Å². The summed E-state index contributed by atoms with van der Waals surface area (Å²) < 4.78 is 60.9. The Bertz CT molecular complexity index is 1110. The van der Waals surface area contributed by atoms with Gasteiger partial charge in [-0.15, -0.1) is 0 Å². The number of nitrogens with two attached hydrogens (primary N) is 1. The molecule has 168 valence electrons. The van der Waals surface area contributed by atoms with Crippen molar-refractivity contribution in [2.45, 2.75) is 31.7 Å². The Labute approximate surface area is 180 Å². The van der Waals surface area contributed by atoms with Gasteiger partial charge in [0, 0.05) is 17.2 Å². The third-order valence-electron chi connectivity index (χ3n) is 4.75. The van der Waals surface area contributed by atoms with Crippen molar-refractivity contribution in [3.05, 3.63) is 77.4 Å². The summed E-state index contributed by atoms with van der Waals surface area (Å²) in [5.41, 5.74) is 6.41. The van der Waals surface area contributed by atoms with Gasteiger partial charge in [-0.2, -0.15) is 4.39 Å². The molecule has 3 aromatic rings. The van der Waals surface area contributed by atoms with Gasteiger partial charge in [-0.05, 0) is 42.7 Å². The highest BCUT2D eigenvalue weighted by atomic mass is 19.3. The summed E-state index contributed by atoms with van der Waals surface area (Å²) in [7, 11) is 0. The van der Waals surface area contributed by atoms with E-state index in [2.05, 4.69) is 9.97 Å². The third kappa shape index (κ3) is 5.02. The molecule has 1 unspecified atom stereocenters. The average Bonchev–Trinajstić information content (AvgIpc) is 2.74. The van der Waals surface area contributed by atoms with E-state index < -0.39 is 41.6 Å². The molecule has 2 aromatic carbocycles. The van der Waals surface area contributed by atoms with Gasteiger partial charge in [0.05, 0.1) is 5.69 Å². The van der Waals surface area contributed by atoms with E-state index in [9.17, 15) is 18.0 Å². The van der Waals surface area contributed by atoms with Crippen molar-refractivity contribution in [2.24, 2.45) is 5.73 Å². The summed E-state index contributed by atoms with van der Waals surface area (Å²) >= 11 is 0. The van der Waals surface area contributed by atoms with Crippen LogP contribution in [0.3, 0.4) is 0 Å². The monoisotopic (exact) mass is 449 g/mol. The van der Waals surface area contributed by atoms with Crippen molar-refractivity contribution < 1.29 is 32.2 Å². The molecule has 0 radical (unpaired) electrons. The number of nitrogens with zero attached hydrogens (tertiary/aromatic N) is 2. The van der Waals surface area contributed by atoms with E-state index in [0.29, 0.717) is 11.1 Å². The summed E-state index contributed by atoms with van der Waals surface area (Å²) in [4.78, 5) is 18.6. The number of carboxylic acids is 1. The average molecular weight is 449 g/mol. The van der Waals surface area contributed by atoms with E-state index >= 15 is 4.39 Å². The van der Waals surface area contributed by atoms with E-state index in [-0.39, 0.29) is 17.7 Å². The second kappa shape index (κ2) is 9.31. The third-order valence-corrected chi connectivity index (χ3v) is 4.75. The highest BCUT2D eigenvalue weighted by Crippen LogP contribution is 2.37. The van der Waals surface area contributed by atoms with Gasteiger partial charge < -0.3 is 15.6 Å². The largest absolute Gasteiger partial charge is 0.480 e. The second-order valence-electron chi connectivity index (χ2n) is 7.09. The van der Waals surface area contributed by atoms with Crippen LogP contribution in [0.2, 0.25) is 0 Å². The van der Waals surface area contributed by atoms with Gasteiger partial charge in [-0.25, -0.2) is 23.1 Å². The maximum atomic E-state index is 15.3. The molecule has 0 saturated heterocycles. The smallest absolute Gasteiger partial charge is 0.336 e. The zero-order chi connectivity index (χ0) is 23.5.